The van der Waals surface area contributed by atoms with E-state index in [0.29, 0.717) is 27.1 Å². The summed E-state index contributed by atoms with van der Waals surface area (Å²) in [5, 5.41) is 0. The van der Waals surface area contributed by atoms with Crippen molar-refractivity contribution >= 4 is 21.7 Å². The molecule has 0 aliphatic heterocycles. The average Bonchev–Trinajstić information content (AvgIpc) is 2.47. The fourth-order valence-electron chi connectivity index (χ4n) is 1.81. The molecule has 3 nitrogen and oxygen atoms in total. The van der Waals surface area contributed by atoms with Crippen LogP contribution in [0.4, 0.5) is 0 Å². The van der Waals surface area contributed by atoms with Gasteiger partial charge in [-0.2, -0.15) is 0 Å². The van der Waals surface area contributed by atoms with Gasteiger partial charge in [-0.15, -0.1) is 0 Å². The molecule has 0 heterocycles. The fourth-order valence-corrected chi connectivity index (χ4v) is 2.48. The molecule has 0 radical (unpaired) electrons. The van der Waals surface area contributed by atoms with Gasteiger partial charge in [-0.1, -0.05) is 30.3 Å². The summed E-state index contributed by atoms with van der Waals surface area (Å²) in [6.07, 6.45) is 0. The van der Waals surface area contributed by atoms with Gasteiger partial charge in [-0.05, 0) is 28.1 Å². The highest BCUT2D eigenvalue weighted by molar-refractivity contribution is 9.10. The van der Waals surface area contributed by atoms with Crippen LogP contribution >= 0.6 is 15.9 Å². The molecule has 4 heteroatoms. The molecule has 2 aromatic rings. The van der Waals surface area contributed by atoms with Crippen LogP contribution in [0, 0.1) is 0 Å². The lowest BCUT2D eigenvalue weighted by atomic mass is 10.0. The molecule has 0 saturated carbocycles. The van der Waals surface area contributed by atoms with Crippen LogP contribution in [0.25, 0.3) is 0 Å². The van der Waals surface area contributed by atoms with E-state index in [1.54, 1.807) is 38.5 Å². The second kappa shape index (κ2) is 5.89. The van der Waals surface area contributed by atoms with Crippen molar-refractivity contribution in [3.63, 3.8) is 0 Å². The van der Waals surface area contributed by atoms with Crippen molar-refractivity contribution in [2.24, 2.45) is 0 Å². The van der Waals surface area contributed by atoms with Crippen LogP contribution in [-0.2, 0) is 0 Å². The number of methoxy groups -OCH3 is 2. The van der Waals surface area contributed by atoms with Crippen molar-refractivity contribution in [1.29, 1.82) is 0 Å². The van der Waals surface area contributed by atoms with Crippen LogP contribution in [0.5, 0.6) is 11.5 Å². The van der Waals surface area contributed by atoms with E-state index >= 15 is 0 Å². The van der Waals surface area contributed by atoms with E-state index in [0.717, 1.165) is 0 Å². The van der Waals surface area contributed by atoms with Gasteiger partial charge < -0.3 is 9.47 Å². The number of ether oxygens (including phenoxy) is 2. The molecule has 2 aromatic carbocycles. The van der Waals surface area contributed by atoms with E-state index in [-0.39, 0.29) is 5.78 Å². The summed E-state index contributed by atoms with van der Waals surface area (Å²) >= 11 is 3.41. The summed E-state index contributed by atoms with van der Waals surface area (Å²) in [6.45, 7) is 0. The highest BCUT2D eigenvalue weighted by Crippen LogP contribution is 2.38. The number of hydrogen-bond donors (Lipinski definition) is 0. The quantitative estimate of drug-likeness (QED) is 0.806. The van der Waals surface area contributed by atoms with E-state index < -0.39 is 0 Å². The van der Waals surface area contributed by atoms with Crippen molar-refractivity contribution < 1.29 is 14.3 Å². The Morgan fingerprint density at radius 1 is 1.00 bits per heavy atom. The Morgan fingerprint density at radius 2 is 1.68 bits per heavy atom. The molecule has 0 amide bonds. The number of halogens is 1. The SMILES string of the molecule is COc1ccc(C(=O)c2ccccc2)c(Br)c1OC. The second-order valence-corrected chi connectivity index (χ2v) is 4.65. The number of hydrogen-bond acceptors (Lipinski definition) is 3. The molecule has 0 aliphatic rings. The first-order valence-electron chi connectivity index (χ1n) is 5.69. The van der Waals surface area contributed by atoms with Crippen LogP contribution in [-0.4, -0.2) is 20.0 Å². The molecule has 0 aromatic heterocycles. The van der Waals surface area contributed by atoms with E-state index in [1.807, 2.05) is 18.2 Å². The highest BCUT2D eigenvalue weighted by Gasteiger charge is 2.18. The Labute approximate surface area is 120 Å². The molecule has 0 fully saturated rings. The number of rotatable bonds is 4. The van der Waals surface area contributed by atoms with Gasteiger partial charge >= 0.3 is 0 Å². The molecule has 0 atom stereocenters. The van der Waals surface area contributed by atoms with Gasteiger partial charge in [0.15, 0.2) is 17.3 Å². The first-order chi connectivity index (χ1) is 9.19. The highest BCUT2D eigenvalue weighted by atomic mass is 79.9. The van der Waals surface area contributed by atoms with E-state index in [2.05, 4.69) is 15.9 Å². The maximum Gasteiger partial charge on any atom is 0.194 e. The molecular formula is C15H13BrO3. The monoisotopic (exact) mass is 320 g/mol. The molecule has 19 heavy (non-hydrogen) atoms. The summed E-state index contributed by atoms with van der Waals surface area (Å²) in [7, 11) is 3.10. The van der Waals surface area contributed by atoms with Crippen LogP contribution < -0.4 is 9.47 Å². The molecule has 0 aliphatic carbocycles. The predicted octanol–water partition coefficient (Wildman–Crippen LogP) is 3.70. The third-order valence-corrected chi connectivity index (χ3v) is 3.55. The number of carbonyl (C=O) groups excluding carboxylic acids is 1. The number of carbonyl (C=O) groups is 1. The lowest BCUT2D eigenvalue weighted by molar-refractivity contribution is 0.103. The minimum absolute atomic E-state index is 0.0616. The Hall–Kier alpha value is -1.81. The van der Waals surface area contributed by atoms with Crippen LogP contribution in [0.15, 0.2) is 46.9 Å². The molecule has 0 bridgehead atoms. The van der Waals surface area contributed by atoms with Crippen molar-refractivity contribution in [3.05, 3.63) is 58.1 Å². The lowest BCUT2D eigenvalue weighted by Crippen LogP contribution is -2.04. The van der Waals surface area contributed by atoms with Gasteiger partial charge in [0.1, 0.15) is 0 Å². The zero-order valence-electron chi connectivity index (χ0n) is 10.6. The first kappa shape index (κ1) is 13.6. The Morgan fingerprint density at radius 3 is 2.26 bits per heavy atom. The first-order valence-corrected chi connectivity index (χ1v) is 6.48. The Balaban J connectivity index is 2.49. The van der Waals surface area contributed by atoms with Gasteiger partial charge in [0.05, 0.1) is 18.7 Å². The van der Waals surface area contributed by atoms with Gasteiger partial charge in [-0.3, -0.25) is 4.79 Å². The van der Waals surface area contributed by atoms with Gasteiger partial charge in [0.25, 0.3) is 0 Å². The third-order valence-electron chi connectivity index (χ3n) is 2.77. The largest absolute Gasteiger partial charge is 0.493 e. The normalized spacial score (nSPS) is 10.1. The van der Waals surface area contributed by atoms with E-state index in [9.17, 15) is 4.79 Å². The fraction of sp³-hybridized carbons (Fsp3) is 0.133. The van der Waals surface area contributed by atoms with Crippen LogP contribution in [0.3, 0.4) is 0 Å². The molecular weight excluding hydrogens is 308 g/mol. The van der Waals surface area contributed by atoms with E-state index in [4.69, 9.17) is 9.47 Å². The maximum atomic E-state index is 12.4. The predicted molar refractivity (Wildman–Crippen MR) is 77.1 cm³/mol. The molecule has 0 unspecified atom stereocenters. The number of benzene rings is 2. The van der Waals surface area contributed by atoms with Crippen LogP contribution in [0.1, 0.15) is 15.9 Å². The smallest absolute Gasteiger partial charge is 0.194 e. The van der Waals surface area contributed by atoms with Crippen LogP contribution in [0.2, 0.25) is 0 Å². The zero-order valence-corrected chi connectivity index (χ0v) is 12.2. The molecule has 98 valence electrons. The summed E-state index contributed by atoms with van der Waals surface area (Å²) in [5.74, 6) is 1.04. The summed E-state index contributed by atoms with van der Waals surface area (Å²) in [4.78, 5) is 12.4. The minimum atomic E-state index is -0.0616. The average molecular weight is 321 g/mol. The molecule has 0 N–H and O–H groups in total. The van der Waals surface area contributed by atoms with Gasteiger partial charge in [-0.25, -0.2) is 0 Å². The van der Waals surface area contributed by atoms with Crippen molar-refractivity contribution in [3.8, 4) is 11.5 Å². The summed E-state index contributed by atoms with van der Waals surface area (Å²) in [5.41, 5.74) is 1.18. The molecule has 2 rings (SSSR count). The minimum Gasteiger partial charge on any atom is -0.493 e. The molecule has 0 saturated heterocycles. The van der Waals surface area contributed by atoms with Crippen molar-refractivity contribution in [1.82, 2.24) is 0 Å². The maximum absolute atomic E-state index is 12.4. The molecule has 0 spiro atoms. The van der Waals surface area contributed by atoms with Crippen molar-refractivity contribution in [2.45, 2.75) is 0 Å². The second-order valence-electron chi connectivity index (χ2n) is 3.86. The standard InChI is InChI=1S/C15H13BrO3/c1-18-12-9-8-11(13(16)15(12)19-2)14(17)10-6-4-3-5-7-10/h3-9H,1-2H3. The zero-order chi connectivity index (χ0) is 13.8. The van der Waals surface area contributed by atoms with Gasteiger partial charge in [0, 0.05) is 11.1 Å². The summed E-state index contributed by atoms with van der Waals surface area (Å²) in [6, 6.07) is 12.6. The third kappa shape index (κ3) is 2.63. The Kier molecular flexibility index (Phi) is 4.22. The Bertz CT molecular complexity index is 594. The summed E-state index contributed by atoms with van der Waals surface area (Å²) < 4.78 is 11.1. The van der Waals surface area contributed by atoms with Gasteiger partial charge in [0.2, 0.25) is 0 Å². The van der Waals surface area contributed by atoms with Crippen molar-refractivity contribution in [2.75, 3.05) is 14.2 Å². The topological polar surface area (TPSA) is 35.5 Å². The number of ketones is 1. The van der Waals surface area contributed by atoms with E-state index in [1.165, 1.54) is 0 Å². The lowest BCUT2D eigenvalue weighted by Gasteiger charge is -2.12.